The standard InChI is InChI=1S/C15H12N2O6/c1-7-11(14(18)19)12(13-10(16-7)6-23-15(13)20)8-3-2-4-9(5-8)17(21)22/h2-5,12,16H,6H2,1H3,(H,18,19). The number of allylic oxidation sites excluding steroid dienone is 1. The maximum Gasteiger partial charge on any atom is 0.337 e. The summed E-state index contributed by atoms with van der Waals surface area (Å²) in [6.45, 7) is 1.62. The van der Waals surface area contributed by atoms with Gasteiger partial charge in [0.25, 0.3) is 5.69 Å². The third-order valence-corrected chi connectivity index (χ3v) is 3.86. The van der Waals surface area contributed by atoms with Gasteiger partial charge in [0.05, 0.1) is 27.7 Å². The molecule has 0 spiro atoms. The lowest BCUT2D eigenvalue weighted by Crippen LogP contribution is -2.29. The van der Waals surface area contributed by atoms with Crippen molar-refractivity contribution >= 4 is 17.6 Å². The Balaban J connectivity index is 2.20. The number of ether oxygens (including phenoxy) is 1. The Morgan fingerprint density at radius 3 is 2.87 bits per heavy atom. The van der Waals surface area contributed by atoms with E-state index in [1.54, 1.807) is 13.0 Å². The maximum absolute atomic E-state index is 12.0. The van der Waals surface area contributed by atoms with Gasteiger partial charge in [-0.25, -0.2) is 9.59 Å². The minimum absolute atomic E-state index is 0.0249. The van der Waals surface area contributed by atoms with Crippen molar-refractivity contribution in [3.05, 3.63) is 62.5 Å². The van der Waals surface area contributed by atoms with Crippen LogP contribution in [0.5, 0.6) is 0 Å². The number of esters is 1. The summed E-state index contributed by atoms with van der Waals surface area (Å²) in [6.07, 6.45) is 0. The second kappa shape index (κ2) is 5.24. The van der Waals surface area contributed by atoms with Gasteiger partial charge >= 0.3 is 11.9 Å². The molecule has 0 aliphatic carbocycles. The predicted molar refractivity (Wildman–Crippen MR) is 77.3 cm³/mol. The molecule has 0 radical (unpaired) electrons. The van der Waals surface area contributed by atoms with Crippen LogP contribution in [0.4, 0.5) is 5.69 Å². The Kier molecular flexibility index (Phi) is 3.36. The molecule has 3 rings (SSSR count). The fourth-order valence-corrected chi connectivity index (χ4v) is 2.90. The monoisotopic (exact) mass is 316 g/mol. The van der Waals surface area contributed by atoms with E-state index in [0.717, 1.165) is 0 Å². The van der Waals surface area contributed by atoms with E-state index in [1.165, 1.54) is 18.2 Å². The molecule has 0 saturated carbocycles. The Bertz CT molecular complexity index is 806. The number of non-ortho nitro benzene ring substituents is 1. The molecule has 1 aromatic carbocycles. The van der Waals surface area contributed by atoms with E-state index in [1.807, 2.05) is 0 Å². The lowest BCUT2D eigenvalue weighted by molar-refractivity contribution is -0.384. The van der Waals surface area contributed by atoms with Crippen LogP contribution < -0.4 is 5.32 Å². The Labute approximate surface area is 130 Å². The molecule has 1 atom stereocenters. The largest absolute Gasteiger partial charge is 0.478 e. The zero-order chi connectivity index (χ0) is 16.7. The number of rotatable bonds is 3. The fourth-order valence-electron chi connectivity index (χ4n) is 2.90. The summed E-state index contributed by atoms with van der Waals surface area (Å²) in [6, 6.07) is 5.62. The van der Waals surface area contributed by atoms with Crippen molar-refractivity contribution in [2.45, 2.75) is 12.8 Å². The van der Waals surface area contributed by atoms with E-state index in [9.17, 15) is 24.8 Å². The fraction of sp³-hybridized carbons (Fsp3) is 0.200. The molecule has 2 N–H and O–H groups in total. The summed E-state index contributed by atoms with van der Waals surface area (Å²) in [4.78, 5) is 34.1. The second-order valence-corrected chi connectivity index (χ2v) is 5.22. The van der Waals surface area contributed by atoms with Gasteiger partial charge in [0.2, 0.25) is 0 Å². The predicted octanol–water partition coefficient (Wildman–Crippen LogP) is 1.45. The van der Waals surface area contributed by atoms with Crippen LogP contribution in [0, 0.1) is 10.1 Å². The zero-order valence-corrected chi connectivity index (χ0v) is 12.0. The third kappa shape index (κ3) is 2.33. The molecule has 0 saturated heterocycles. The quantitative estimate of drug-likeness (QED) is 0.492. The highest BCUT2D eigenvalue weighted by Crippen LogP contribution is 2.41. The molecular formula is C15H12N2O6. The van der Waals surface area contributed by atoms with Crippen molar-refractivity contribution in [2.24, 2.45) is 0 Å². The lowest BCUT2D eigenvalue weighted by Gasteiger charge is -2.26. The summed E-state index contributed by atoms with van der Waals surface area (Å²) in [5.41, 5.74) is 1.23. The van der Waals surface area contributed by atoms with Gasteiger partial charge in [-0.1, -0.05) is 12.1 Å². The molecule has 2 aliphatic rings. The van der Waals surface area contributed by atoms with Gasteiger partial charge in [-0.05, 0) is 12.5 Å². The normalized spacial score (nSPS) is 20.0. The van der Waals surface area contributed by atoms with Crippen LogP contribution in [0.3, 0.4) is 0 Å². The minimum atomic E-state index is -1.20. The number of carboxylic acid groups (broad SMARTS) is 1. The van der Waals surface area contributed by atoms with Crippen LogP contribution in [0.25, 0.3) is 0 Å². The average Bonchev–Trinajstić information content (AvgIpc) is 2.86. The summed E-state index contributed by atoms with van der Waals surface area (Å²) >= 11 is 0. The summed E-state index contributed by atoms with van der Waals surface area (Å²) in [5.74, 6) is -2.72. The lowest BCUT2D eigenvalue weighted by atomic mass is 9.81. The van der Waals surface area contributed by atoms with Crippen molar-refractivity contribution in [1.29, 1.82) is 0 Å². The van der Waals surface area contributed by atoms with Gasteiger partial charge in [-0.2, -0.15) is 0 Å². The molecule has 1 unspecified atom stereocenters. The van der Waals surface area contributed by atoms with Crippen LogP contribution in [-0.2, 0) is 14.3 Å². The molecule has 2 heterocycles. The van der Waals surface area contributed by atoms with Gasteiger partial charge in [-0.3, -0.25) is 10.1 Å². The average molecular weight is 316 g/mol. The molecule has 0 bridgehead atoms. The van der Waals surface area contributed by atoms with Crippen molar-refractivity contribution in [2.75, 3.05) is 6.61 Å². The highest BCUT2D eigenvalue weighted by Gasteiger charge is 2.41. The van der Waals surface area contributed by atoms with Crippen LogP contribution in [0.1, 0.15) is 18.4 Å². The topological polar surface area (TPSA) is 119 Å². The molecule has 0 fully saturated rings. The molecule has 0 amide bonds. The number of benzene rings is 1. The summed E-state index contributed by atoms with van der Waals surface area (Å²) in [7, 11) is 0. The molecule has 1 aromatic rings. The SMILES string of the molecule is CC1=C(C(=O)O)C(c2cccc([N+](=O)[O-])c2)C2=C(COC2=O)N1. The van der Waals surface area contributed by atoms with E-state index < -0.39 is 22.8 Å². The Hall–Kier alpha value is -3.16. The number of carboxylic acids is 1. The Morgan fingerprint density at radius 2 is 2.22 bits per heavy atom. The van der Waals surface area contributed by atoms with Crippen LogP contribution in [-0.4, -0.2) is 28.6 Å². The van der Waals surface area contributed by atoms with E-state index >= 15 is 0 Å². The van der Waals surface area contributed by atoms with E-state index in [-0.39, 0.29) is 23.4 Å². The number of dihydropyridines is 1. The first-order chi connectivity index (χ1) is 10.9. The van der Waals surface area contributed by atoms with Crippen molar-refractivity contribution < 1.29 is 24.4 Å². The highest BCUT2D eigenvalue weighted by molar-refractivity contribution is 6.00. The van der Waals surface area contributed by atoms with Crippen molar-refractivity contribution in [1.82, 2.24) is 5.32 Å². The van der Waals surface area contributed by atoms with Gasteiger partial charge in [0.15, 0.2) is 0 Å². The molecule has 0 aromatic heterocycles. The van der Waals surface area contributed by atoms with Crippen LogP contribution in [0.15, 0.2) is 46.8 Å². The van der Waals surface area contributed by atoms with Crippen LogP contribution in [0.2, 0.25) is 0 Å². The summed E-state index contributed by atoms with van der Waals surface area (Å²) in [5, 5.41) is 23.4. The van der Waals surface area contributed by atoms with E-state index in [2.05, 4.69) is 5.32 Å². The molecule has 8 heteroatoms. The zero-order valence-electron chi connectivity index (χ0n) is 12.0. The number of nitrogens with one attached hydrogen (secondary N) is 1. The molecule has 23 heavy (non-hydrogen) atoms. The number of nitrogens with zero attached hydrogens (tertiary/aromatic N) is 1. The molecule has 8 nitrogen and oxygen atoms in total. The molecule has 2 aliphatic heterocycles. The number of nitro groups is 1. The number of aliphatic carboxylic acids is 1. The number of carbonyl (C=O) groups excluding carboxylic acids is 1. The van der Waals surface area contributed by atoms with Gasteiger partial charge in [0.1, 0.15) is 6.61 Å². The first-order valence-electron chi connectivity index (χ1n) is 6.75. The second-order valence-electron chi connectivity index (χ2n) is 5.22. The number of hydrogen-bond donors (Lipinski definition) is 2. The van der Waals surface area contributed by atoms with Crippen molar-refractivity contribution in [3.63, 3.8) is 0 Å². The van der Waals surface area contributed by atoms with Gasteiger partial charge in [-0.15, -0.1) is 0 Å². The van der Waals surface area contributed by atoms with E-state index in [4.69, 9.17) is 4.74 Å². The smallest absolute Gasteiger partial charge is 0.337 e. The first-order valence-corrected chi connectivity index (χ1v) is 6.75. The minimum Gasteiger partial charge on any atom is -0.478 e. The van der Waals surface area contributed by atoms with Gasteiger partial charge < -0.3 is 15.2 Å². The van der Waals surface area contributed by atoms with E-state index in [0.29, 0.717) is 17.0 Å². The third-order valence-electron chi connectivity index (χ3n) is 3.86. The first kappa shape index (κ1) is 14.8. The highest BCUT2D eigenvalue weighted by atomic mass is 16.6. The number of cyclic esters (lactones) is 1. The van der Waals surface area contributed by atoms with Crippen LogP contribution >= 0.6 is 0 Å². The molecule has 118 valence electrons. The number of nitro benzene ring substituents is 1. The number of carbonyl (C=O) groups is 2. The molecular weight excluding hydrogens is 304 g/mol. The van der Waals surface area contributed by atoms with Crippen molar-refractivity contribution in [3.8, 4) is 0 Å². The Morgan fingerprint density at radius 1 is 1.48 bits per heavy atom. The van der Waals surface area contributed by atoms with Gasteiger partial charge in [0, 0.05) is 17.8 Å². The number of hydrogen-bond acceptors (Lipinski definition) is 6. The summed E-state index contributed by atoms with van der Waals surface area (Å²) < 4.78 is 4.98. The maximum atomic E-state index is 12.0.